The molecular formula is C21H25NO4S. The van der Waals surface area contributed by atoms with Crippen LogP contribution in [0.3, 0.4) is 0 Å². The molecule has 144 valence electrons. The van der Waals surface area contributed by atoms with Gasteiger partial charge in [-0.05, 0) is 31.9 Å². The van der Waals surface area contributed by atoms with Gasteiger partial charge in [0.25, 0.3) is 0 Å². The van der Waals surface area contributed by atoms with E-state index in [1.54, 1.807) is 42.5 Å². The zero-order valence-electron chi connectivity index (χ0n) is 15.9. The molecule has 0 fully saturated rings. The molecule has 0 aliphatic rings. The van der Waals surface area contributed by atoms with Crippen molar-refractivity contribution in [2.75, 3.05) is 6.54 Å². The number of carboxylic acids is 1. The van der Waals surface area contributed by atoms with Crippen molar-refractivity contribution in [1.82, 2.24) is 5.32 Å². The molecule has 0 saturated heterocycles. The fourth-order valence-electron chi connectivity index (χ4n) is 3.15. The lowest BCUT2D eigenvalue weighted by Crippen LogP contribution is -2.46. The summed E-state index contributed by atoms with van der Waals surface area (Å²) in [5, 5.41) is 12.5. The Kier molecular flexibility index (Phi) is 6.91. The number of thiophene rings is 1. The molecule has 27 heavy (non-hydrogen) atoms. The monoisotopic (exact) mass is 387 g/mol. The summed E-state index contributed by atoms with van der Waals surface area (Å²) >= 11 is 1.56. The van der Waals surface area contributed by atoms with E-state index in [9.17, 15) is 19.5 Å². The van der Waals surface area contributed by atoms with Crippen molar-refractivity contribution < 1.29 is 19.5 Å². The number of nitrogens with one attached hydrogen (secondary N) is 1. The quantitative estimate of drug-likeness (QED) is 0.640. The topological polar surface area (TPSA) is 83.5 Å². The van der Waals surface area contributed by atoms with E-state index in [1.807, 2.05) is 26.0 Å². The van der Waals surface area contributed by atoms with Crippen LogP contribution in [-0.2, 0) is 15.0 Å². The van der Waals surface area contributed by atoms with Gasteiger partial charge in [0, 0.05) is 34.7 Å². The summed E-state index contributed by atoms with van der Waals surface area (Å²) in [6.45, 7) is 5.62. The zero-order chi connectivity index (χ0) is 20.0. The molecule has 0 aliphatic heterocycles. The Bertz CT molecular complexity index is 828. The number of carboxylic acid groups (broad SMARTS) is 1. The van der Waals surface area contributed by atoms with Crippen LogP contribution in [0.5, 0.6) is 0 Å². The Labute approximate surface area is 163 Å². The summed E-state index contributed by atoms with van der Waals surface area (Å²) in [5.74, 6) is -1.35. The number of rotatable bonds is 9. The van der Waals surface area contributed by atoms with Crippen LogP contribution in [0.4, 0.5) is 0 Å². The predicted octanol–water partition coefficient (Wildman–Crippen LogP) is 3.88. The Balaban J connectivity index is 1.99. The largest absolute Gasteiger partial charge is 0.481 e. The average molecular weight is 388 g/mol. The normalized spacial score (nSPS) is 13.0. The van der Waals surface area contributed by atoms with Crippen LogP contribution < -0.4 is 5.32 Å². The third-order valence-electron chi connectivity index (χ3n) is 4.85. The van der Waals surface area contributed by atoms with Gasteiger partial charge >= 0.3 is 5.97 Å². The number of amides is 1. The first-order chi connectivity index (χ1) is 12.8. The number of ketones is 1. The fourth-order valence-corrected chi connectivity index (χ4v) is 4.09. The van der Waals surface area contributed by atoms with Crippen LogP contribution in [0.1, 0.15) is 51.9 Å². The molecule has 2 N–H and O–H groups in total. The van der Waals surface area contributed by atoms with E-state index < -0.39 is 11.4 Å². The molecule has 5 nitrogen and oxygen atoms in total. The fraction of sp³-hybridized carbons (Fsp3) is 0.381. The van der Waals surface area contributed by atoms with E-state index in [-0.39, 0.29) is 31.1 Å². The lowest BCUT2D eigenvalue weighted by molar-refractivity contribution is -0.144. The number of hydrogen-bond acceptors (Lipinski definition) is 4. The van der Waals surface area contributed by atoms with Crippen LogP contribution in [0.25, 0.3) is 0 Å². The number of hydrogen-bond donors (Lipinski definition) is 2. The highest BCUT2D eigenvalue weighted by Crippen LogP contribution is 2.28. The Morgan fingerprint density at radius 2 is 1.78 bits per heavy atom. The van der Waals surface area contributed by atoms with Crippen molar-refractivity contribution >= 4 is 29.0 Å². The van der Waals surface area contributed by atoms with Crippen molar-refractivity contribution in [1.29, 1.82) is 0 Å². The van der Waals surface area contributed by atoms with Crippen molar-refractivity contribution in [3.8, 4) is 0 Å². The van der Waals surface area contributed by atoms with Crippen LogP contribution >= 0.6 is 11.3 Å². The van der Waals surface area contributed by atoms with Gasteiger partial charge in [-0.15, -0.1) is 11.3 Å². The van der Waals surface area contributed by atoms with E-state index in [2.05, 4.69) is 5.32 Å². The highest BCUT2D eigenvalue weighted by atomic mass is 32.1. The average Bonchev–Trinajstić information content (AvgIpc) is 2.99. The summed E-state index contributed by atoms with van der Waals surface area (Å²) < 4.78 is 0. The minimum atomic E-state index is -1.18. The van der Waals surface area contributed by atoms with Gasteiger partial charge in [0.1, 0.15) is 5.41 Å². The maximum atomic E-state index is 12.3. The predicted molar refractivity (Wildman–Crippen MR) is 106 cm³/mol. The van der Waals surface area contributed by atoms with E-state index >= 15 is 0 Å². The van der Waals surface area contributed by atoms with E-state index in [4.69, 9.17) is 0 Å². The minimum absolute atomic E-state index is 0.00748. The molecule has 0 bridgehead atoms. The third-order valence-corrected chi connectivity index (χ3v) is 5.81. The molecule has 2 rings (SSSR count). The Morgan fingerprint density at radius 1 is 1.11 bits per heavy atom. The van der Waals surface area contributed by atoms with Crippen molar-refractivity contribution in [3.05, 3.63) is 57.3 Å². The number of Topliss-reactive ketones (excluding diaryl/α,β-unsaturated/α-hetero) is 1. The van der Waals surface area contributed by atoms with Crippen LogP contribution in [0, 0.1) is 13.8 Å². The van der Waals surface area contributed by atoms with Gasteiger partial charge in [0.2, 0.25) is 5.91 Å². The van der Waals surface area contributed by atoms with Gasteiger partial charge < -0.3 is 10.4 Å². The Morgan fingerprint density at radius 3 is 2.30 bits per heavy atom. The molecule has 1 aromatic heterocycles. The van der Waals surface area contributed by atoms with Gasteiger partial charge in [0.05, 0.1) is 0 Å². The van der Waals surface area contributed by atoms with Gasteiger partial charge in [0.15, 0.2) is 5.78 Å². The second kappa shape index (κ2) is 8.95. The molecule has 0 radical (unpaired) electrons. The molecule has 0 aliphatic carbocycles. The Hall–Kier alpha value is -2.47. The van der Waals surface area contributed by atoms with Crippen LogP contribution in [-0.4, -0.2) is 29.3 Å². The van der Waals surface area contributed by atoms with E-state index in [1.165, 1.54) is 0 Å². The lowest BCUT2D eigenvalue weighted by atomic mass is 9.78. The van der Waals surface area contributed by atoms with Gasteiger partial charge in [-0.25, -0.2) is 0 Å². The number of aryl methyl sites for hydroxylation is 2. The second-order valence-electron chi connectivity index (χ2n) is 6.63. The molecule has 1 aromatic carbocycles. The molecule has 0 saturated carbocycles. The highest BCUT2D eigenvalue weighted by molar-refractivity contribution is 7.12. The first-order valence-corrected chi connectivity index (χ1v) is 9.77. The summed E-state index contributed by atoms with van der Waals surface area (Å²) in [4.78, 5) is 38.5. The van der Waals surface area contributed by atoms with Crippen LogP contribution in [0.2, 0.25) is 0 Å². The summed E-state index contributed by atoms with van der Waals surface area (Å²) in [6, 6.07) is 10.8. The summed E-state index contributed by atoms with van der Waals surface area (Å²) in [5.41, 5.74) is 0.144. The van der Waals surface area contributed by atoms with Gasteiger partial charge in [-0.2, -0.15) is 0 Å². The molecule has 1 amide bonds. The molecule has 1 unspecified atom stereocenters. The van der Waals surface area contributed by atoms with E-state index in [0.717, 1.165) is 9.75 Å². The maximum absolute atomic E-state index is 12.3. The summed E-state index contributed by atoms with van der Waals surface area (Å²) in [7, 11) is 0. The van der Waals surface area contributed by atoms with Crippen LogP contribution in [0.15, 0.2) is 36.4 Å². The van der Waals surface area contributed by atoms with Crippen molar-refractivity contribution in [3.63, 3.8) is 0 Å². The number of benzene rings is 1. The third kappa shape index (κ3) is 4.83. The summed E-state index contributed by atoms with van der Waals surface area (Å²) in [6.07, 6.45) is 0.501. The van der Waals surface area contributed by atoms with Crippen molar-refractivity contribution in [2.24, 2.45) is 0 Å². The van der Waals surface area contributed by atoms with Gasteiger partial charge in [-0.1, -0.05) is 37.3 Å². The number of carbonyl (C=O) groups excluding carboxylic acids is 2. The molecule has 0 spiro atoms. The molecule has 1 heterocycles. The first kappa shape index (κ1) is 20.8. The minimum Gasteiger partial charge on any atom is -0.481 e. The smallest absolute Gasteiger partial charge is 0.315 e. The first-order valence-electron chi connectivity index (χ1n) is 8.96. The SMILES string of the molecule is CCC(CNC(=O)CCC(=O)c1cc(C)sc1C)(C(=O)O)c1ccccc1. The van der Waals surface area contributed by atoms with E-state index in [0.29, 0.717) is 17.5 Å². The van der Waals surface area contributed by atoms with Gasteiger partial charge in [-0.3, -0.25) is 14.4 Å². The number of carbonyl (C=O) groups is 3. The standard InChI is InChI=1S/C21H25NO4S/c1-4-21(20(25)26,16-8-6-5-7-9-16)13-22-19(24)11-10-18(23)17-12-14(2)27-15(17)3/h5-9,12H,4,10-11,13H2,1-3H3,(H,22,24)(H,25,26). The number of aliphatic carboxylic acids is 1. The maximum Gasteiger partial charge on any atom is 0.315 e. The molecule has 1 atom stereocenters. The second-order valence-corrected chi connectivity index (χ2v) is 8.09. The molecular weight excluding hydrogens is 362 g/mol. The molecule has 6 heteroatoms. The highest BCUT2D eigenvalue weighted by Gasteiger charge is 2.38. The van der Waals surface area contributed by atoms with Crippen molar-refractivity contribution in [2.45, 2.75) is 45.4 Å². The molecule has 2 aromatic rings. The lowest BCUT2D eigenvalue weighted by Gasteiger charge is -2.29. The zero-order valence-corrected chi connectivity index (χ0v) is 16.7.